The van der Waals surface area contributed by atoms with E-state index in [9.17, 15) is 0 Å². The van der Waals surface area contributed by atoms with Gasteiger partial charge in [-0.05, 0) is 43.7 Å². The first-order valence-electron chi connectivity index (χ1n) is 7.27. The van der Waals surface area contributed by atoms with E-state index in [1.807, 2.05) is 0 Å². The van der Waals surface area contributed by atoms with Crippen LogP contribution in [-0.2, 0) is 12.3 Å². The molecule has 0 saturated heterocycles. The molecule has 0 heterocycles. The smallest absolute Gasteiger partial charge is 0.0545 e. The Bertz CT molecular complexity index is 590. The van der Waals surface area contributed by atoms with Gasteiger partial charge in [-0.15, -0.1) is 11.8 Å². The van der Waals surface area contributed by atoms with Crippen LogP contribution in [0.4, 0.5) is 0 Å². The van der Waals surface area contributed by atoms with Crippen molar-refractivity contribution >= 4 is 23.4 Å². The Morgan fingerprint density at radius 2 is 1.71 bits per heavy atom. The highest BCUT2D eigenvalue weighted by Gasteiger charge is 2.04. The van der Waals surface area contributed by atoms with Gasteiger partial charge in [0, 0.05) is 17.2 Å². The zero-order valence-corrected chi connectivity index (χ0v) is 14.4. The minimum absolute atomic E-state index is 0.847. The van der Waals surface area contributed by atoms with Gasteiger partial charge in [0.15, 0.2) is 0 Å². The molecule has 0 saturated carbocycles. The molecule has 1 nitrogen and oxygen atoms in total. The third-order valence-corrected chi connectivity index (χ3v) is 4.82. The van der Waals surface area contributed by atoms with Gasteiger partial charge in [-0.2, -0.15) is 0 Å². The van der Waals surface area contributed by atoms with E-state index in [1.54, 1.807) is 11.8 Å². The molecule has 0 spiro atoms. The monoisotopic (exact) mass is 319 g/mol. The quantitative estimate of drug-likeness (QED) is 0.719. The summed E-state index contributed by atoms with van der Waals surface area (Å²) < 4.78 is 0. The molecule has 112 valence electrons. The largest absolute Gasteiger partial charge is 0.313 e. The van der Waals surface area contributed by atoms with Crippen molar-refractivity contribution in [3.8, 4) is 0 Å². The molecule has 0 aliphatic carbocycles. The first kappa shape index (κ1) is 16.4. The van der Waals surface area contributed by atoms with Crippen LogP contribution in [0.2, 0.25) is 5.02 Å². The molecular weight excluding hydrogens is 298 g/mol. The minimum Gasteiger partial charge on any atom is -0.313 e. The van der Waals surface area contributed by atoms with Gasteiger partial charge in [-0.1, -0.05) is 53.9 Å². The molecule has 0 bridgehead atoms. The Hall–Kier alpha value is -0.960. The molecule has 2 rings (SSSR count). The van der Waals surface area contributed by atoms with Crippen molar-refractivity contribution in [1.82, 2.24) is 5.32 Å². The van der Waals surface area contributed by atoms with Crippen LogP contribution in [0.5, 0.6) is 0 Å². The van der Waals surface area contributed by atoms with E-state index in [2.05, 4.69) is 62.5 Å². The van der Waals surface area contributed by atoms with Crippen LogP contribution < -0.4 is 5.32 Å². The van der Waals surface area contributed by atoms with Crippen molar-refractivity contribution in [3.05, 3.63) is 63.7 Å². The van der Waals surface area contributed by atoms with Gasteiger partial charge in [-0.3, -0.25) is 0 Å². The number of rotatable bonds is 6. The molecule has 0 radical (unpaired) electrons. The summed E-state index contributed by atoms with van der Waals surface area (Å²) >= 11 is 8.19. The molecule has 0 atom stereocenters. The van der Waals surface area contributed by atoms with E-state index >= 15 is 0 Å². The van der Waals surface area contributed by atoms with Crippen molar-refractivity contribution in [1.29, 1.82) is 0 Å². The average Bonchev–Trinajstić information content (AvgIpc) is 2.43. The molecule has 3 heteroatoms. The molecule has 0 unspecified atom stereocenters. The van der Waals surface area contributed by atoms with Gasteiger partial charge < -0.3 is 5.32 Å². The van der Waals surface area contributed by atoms with E-state index in [1.165, 1.54) is 22.3 Å². The summed E-state index contributed by atoms with van der Waals surface area (Å²) in [6, 6.07) is 13.0. The van der Waals surface area contributed by atoms with E-state index in [0.29, 0.717) is 0 Å². The van der Waals surface area contributed by atoms with Crippen LogP contribution in [0.15, 0.2) is 41.3 Å². The lowest BCUT2D eigenvalue weighted by Gasteiger charge is -2.09. The second-order valence-corrected chi connectivity index (χ2v) is 6.75. The Morgan fingerprint density at radius 1 is 1.00 bits per heavy atom. The number of nitrogens with one attached hydrogen (secondary N) is 1. The molecule has 2 aromatic rings. The second-order valence-electron chi connectivity index (χ2n) is 5.33. The van der Waals surface area contributed by atoms with Crippen molar-refractivity contribution in [2.45, 2.75) is 38.0 Å². The number of hydrogen-bond acceptors (Lipinski definition) is 2. The maximum absolute atomic E-state index is 6.39. The lowest BCUT2D eigenvalue weighted by atomic mass is 10.1. The van der Waals surface area contributed by atoms with Gasteiger partial charge in [0.2, 0.25) is 0 Å². The summed E-state index contributed by atoms with van der Waals surface area (Å²) in [6.07, 6.45) is 0. The van der Waals surface area contributed by atoms with Crippen molar-refractivity contribution in [2.24, 2.45) is 0 Å². The molecule has 0 aliphatic heterocycles. The molecule has 0 amide bonds. The third-order valence-electron chi connectivity index (χ3n) is 3.25. The average molecular weight is 320 g/mol. The number of hydrogen-bond donors (Lipinski definition) is 1. The van der Waals surface area contributed by atoms with Crippen LogP contribution in [0.1, 0.15) is 29.2 Å². The van der Waals surface area contributed by atoms with Crippen LogP contribution >= 0.6 is 23.4 Å². The molecule has 2 aromatic carbocycles. The highest BCUT2D eigenvalue weighted by atomic mass is 35.5. The summed E-state index contributed by atoms with van der Waals surface area (Å²) in [5, 5.41) is 4.16. The van der Waals surface area contributed by atoms with Crippen molar-refractivity contribution < 1.29 is 0 Å². The molecule has 1 N–H and O–H groups in total. The predicted octanol–water partition coefficient (Wildman–Crippen LogP) is 5.36. The fourth-order valence-electron chi connectivity index (χ4n) is 2.35. The molecule has 0 fully saturated rings. The SMILES string of the molecule is CCNCc1ccc(SCc2cc(C)cc(C)c2)c(Cl)c1. The van der Waals surface area contributed by atoms with Crippen LogP contribution in [0.25, 0.3) is 0 Å². The standard InChI is InChI=1S/C18H22ClNS/c1-4-20-11-15-5-6-18(17(19)10-15)21-12-16-8-13(2)7-14(3)9-16/h5-10,20H,4,11-12H2,1-3H3. The van der Waals surface area contributed by atoms with Crippen LogP contribution in [0.3, 0.4) is 0 Å². The van der Waals surface area contributed by atoms with Gasteiger partial charge in [0.1, 0.15) is 0 Å². The predicted molar refractivity (Wildman–Crippen MR) is 94.3 cm³/mol. The minimum atomic E-state index is 0.847. The molecule has 0 aromatic heterocycles. The fraction of sp³-hybridized carbons (Fsp3) is 0.333. The Labute approximate surface area is 137 Å². The number of benzene rings is 2. The fourth-order valence-corrected chi connectivity index (χ4v) is 3.57. The highest BCUT2D eigenvalue weighted by Crippen LogP contribution is 2.31. The summed E-state index contributed by atoms with van der Waals surface area (Å²) in [5.41, 5.74) is 5.22. The highest BCUT2D eigenvalue weighted by molar-refractivity contribution is 7.98. The number of halogens is 1. The maximum Gasteiger partial charge on any atom is 0.0545 e. The van der Waals surface area contributed by atoms with Gasteiger partial charge in [-0.25, -0.2) is 0 Å². The van der Waals surface area contributed by atoms with Gasteiger partial charge in [0.25, 0.3) is 0 Å². The van der Waals surface area contributed by atoms with Crippen molar-refractivity contribution in [2.75, 3.05) is 6.54 Å². The lowest BCUT2D eigenvalue weighted by Crippen LogP contribution is -2.11. The lowest BCUT2D eigenvalue weighted by molar-refractivity contribution is 0.726. The summed E-state index contributed by atoms with van der Waals surface area (Å²) in [5.74, 6) is 0.953. The molecule has 0 aliphatic rings. The molecule has 21 heavy (non-hydrogen) atoms. The van der Waals surface area contributed by atoms with Crippen LogP contribution in [-0.4, -0.2) is 6.54 Å². The number of thioether (sulfide) groups is 1. The Morgan fingerprint density at radius 3 is 2.33 bits per heavy atom. The van der Waals surface area contributed by atoms with E-state index < -0.39 is 0 Å². The molecular formula is C18H22ClNS. The van der Waals surface area contributed by atoms with Crippen molar-refractivity contribution in [3.63, 3.8) is 0 Å². The van der Waals surface area contributed by atoms with Gasteiger partial charge >= 0.3 is 0 Å². The maximum atomic E-state index is 6.39. The Balaban J connectivity index is 2.02. The first-order chi connectivity index (χ1) is 10.1. The zero-order valence-electron chi connectivity index (χ0n) is 12.9. The van der Waals surface area contributed by atoms with Gasteiger partial charge in [0.05, 0.1) is 5.02 Å². The van der Waals surface area contributed by atoms with E-state index in [4.69, 9.17) is 11.6 Å². The van der Waals surface area contributed by atoms with Crippen LogP contribution in [0, 0.1) is 13.8 Å². The topological polar surface area (TPSA) is 12.0 Å². The third kappa shape index (κ3) is 5.06. The van der Waals surface area contributed by atoms with E-state index in [0.717, 1.165) is 28.8 Å². The number of aryl methyl sites for hydroxylation is 2. The first-order valence-corrected chi connectivity index (χ1v) is 8.64. The summed E-state index contributed by atoms with van der Waals surface area (Å²) in [4.78, 5) is 1.15. The summed E-state index contributed by atoms with van der Waals surface area (Å²) in [6.45, 7) is 8.24. The Kier molecular flexibility index (Phi) is 6.16. The summed E-state index contributed by atoms with van der Waals surface area (Å²) in [7, 11) is 0. The zero-order chi connectivity index (χ0) is 15.2. The normalized spacial score (nSPS) is 10.9. The van der Waals surface area contributed by atoms with E-state index in [-0.39, 0.29) is 0 Å². The second kappa shape index (κ2) is 7.88.